The normalized spacial score (nSPS) is 28.6. The van der Waals surface area contributed by atoms with Gasteiger partial charge in [-0.2, -0.15) is 0 Å². The number of likely N-dealkylation sites (tertiary alicyclic amines) is 1. The second-order valence-corrected chi connectivity index (χ2v) is 7.94. The van der Waals surface area contributed by atoms with E-state index in [0.717, 1.165) is 45.3 Å². The summed E-state index contributed by atoms with van der Waals surface area (Å²) in [6, 6.07) is 1.82. The maximum Gasteiger partial charge on any atom is 0.225 e. The molecule has 5 nitrogen and oxygen atoms in total. The third-order valence-electron chi connectivity index (χ3n) is 6.01. The van der Waals surface area contributed by atoms with Crippen molar-refractivity contribution in [3.63, 3.8) is 0 Å². The minimum atomic E-state index is 0.267. The van der Waals surface area contributed by atoms with Gasteiger partial charge in [-0.3, -0.25) is 4.79 Å². The van der Waals surface area contributed by atoms with Crippen molar-refractivity contribution in [3.8, 4) is 0 Å². The van der Waals surface area contributed by atoms with Gasteiger partial charge in [-0.15, -0.1) is 0 Å². The van der Waals surface area contributed by atoms with Gasteiger partial charge in [0.1, 0.15) is 0 Å². The number of nitrogens with one attached hydrogen (secondary N) is 1. The van der Waals surface area contributed by atoms with Gasteiger partial charge < -0.3 is 10.2 Å². The highest BCUT2D eigenvalue weighted by atomic mass is 16.2. The fourth-order valence-corrected chi connectivity index (χ4v) is 4.36. The SMILES string of the molecule is CC1=CC(C2CC2C(=O)N2CCC(CNc3ncccn3)CC2)CC=C1. The van der Waals surface area contributed by atoms with E-state index in [1.807, 2.05) is 6.07 Å². The number of nitrogens with zero attached hydrogens (tertiary/aromatic N) is 3. The molecule has 2 aliphatic carbocycles. The Bertz CT molecular complexity index is 691. The Morgan fingerprint density at radius 2 is 2.04 bits per heavy atom. The van der Waals surface area contributed by atoms with E-state index in [-0.39, 0.29) is 5.92 Å². The van der Waals surface area contributed by atoms with Gasteiger partial charge in [-0.25, -0.2) is 9.97 Å². The molecule has 0 radical (unpaired) electrons. The summed E-state index contributed by atoms with van der Waals surface area (Å²) in [4.78, 5) is 23.3. The lowest BCUT2D eigenvalue weighted by molar-refractivity contribution is -0.134. The molecule has 1 saturated heterocycles. The number of hydrogen-bond donors (Lipinski definition) is 1. The lowest BCUT2D eigenvalue weighted by Crippen LogP contribution is -2.41. The zero-order chi connectivity index (χ0) is 17.9. The van der Waals surface area contributed by atoms with Crippen molar-refractivity contribution in [3.05, 3.63) is 42.3 Å². The summed E-state index contributed by atoms with van der Waals surface area (Å²) in [5.74, 6) is 3.08. The number of amides is 1. The highest BCUT2D eigenvalue weighted by Crippen LogP contribution is 2.48. The molecule has 1 aromatic heterocycles. The van der Waals surface area contributed by atoms with Crippen LogP contribution in [0.2, 0.25) is 0 Å². The molecule has 0 aromatic carbocycles. The minimum Gasteiger partial charge on any atom is -0.354 e. The summed E-state index contributed by atoms with van der Waals surface area (Å²) in [5, 5.41) is 3.31. The number of carbonyl (C=O) groups excluding carboxylic acids is 1. The van der Waals surface area contributed by atoms with Gasteiger partial charge in [0.15, 0.2) is 0 Å². The molecule has 3 unspecified atom stereocenters. The number of carbonyl (C=O) groups is 1. The quantitative estimate of drug-likeness (QED) is 0.883. The number of aromatic nitrogens is 2. The van der Waals surface area contributed by atoms with Crippen molar-refractivity contribution in [2.24, 2.45) is 23.7 Å². The van der Waals surface area contributed by atoms with Crippen LogP contribution in [0.4, 0.5) is 5.95 Å². The fourth-order valence-electron chi connectivity index (χ4n) is 4.36. The Labute approximate surface area is 155 Å². The third kappa shape index (κ3) is 3.97. The standard InChI is InChI=1S/C21H28N4O/c1-15-4-2-5-17(12-15)18-13-19(18)20(26)25-10-6-16(7-11-25)14-24-21-22-8-3-9-23-21/h2-4,8-9,12,16-19H,5-7,10-11,13-14H2,1H3,(H,22,23,24). The number of allylic oxidation sites excluding steroid dienone is 4. The van der Waals surface area contributed by atoms with Crippen molar-refractivity contribution < 1.29 is 4.79 Å². The van der Waals surface area contributed by atoms with Crippen LogP contribution < -0.4 is 5.32 Å². The van der Waals surface area contributed by atoms with E-state index in [0.29, 0.717) is 29.6 Å². The van der Waals surface area contributed by atoms with Crippen LogP contribution in [0.3, 0.4) is 0 Å². The van der Waals surface area contributed by atoms with Gasteiger partial charge in [0.05, 0.1) is 0 Å². The predicted molar refractivity (Wildman–Crippen MR) is 102 cm³/mol. The van der Waals surface area contributed by atoms with Crippen LogP contribution in [-0.2, 0) is 4.79 Å². The van der Waals surface area contributed by atoms with Crippen LogP contribution in [0.5, 0.6) is 0 Å². The smallest absolute Gasteiger partial charge is 0.225 e. The van der Waals surface area contributed by atoms with Crippen molar-refractivity contribution in [2.75, 3.05) is 25.0 Å². The van der Waals surface area contributed by atoms with E-state index < -0.39 is 0 Å². The number of piperidine rings is 1. The summed E-state index contributed by atoms with van der Waals surface area (Å²) < 4.78 is 0. The van der Waals surface area contributed by atoms with Crippen LogP contribution in [0.25, 0.3) is 0 Å². The first-order valence-electron chi connectivity index (χ1n) is 9.85. The van der Waals surface area contributed by atoms with E-state index in [4.69, 9.17) is 0 Å². The Kier molecular flexibility index (Phi) is 5.05. The topological polar surface area (TPSA) is 58.1 Å². The number of hydrogen-bond acceptors (Lipinski definition) is 4. The number of rotatable bonds is 5. The molecule has 26 heavy (non-hydrogen) atoms. The Morgan fingerprint density at radius 3 is 2.77 bits per heavy atom. The molecule has 1 aromatic rings. The Morgan fingerprint density at radius 1 is 1.27 bits per heavy atom. The molecule has 2 heterocycles. The molecule has 0 bridgehead atoms. The van der Waals surface area contributed by atoms with Crippen molar-refractivity contribution in [1.29, 1.82) is 0 Å². The zero-order valence-electron chi connectivity index (χ0n) is 15.5. The molecule has 138 valence electrons. The Balaban J connectivity index is 1.21. The summed E-state index contributed by atoms with van der Waals surface area (Å²) in [7, 11) is 0. The van der Waals surface area contributed by atoms with Gasteiger partial charge in [0, 0.05) is 37.9 Å². The first-order valence-corrected chi connectivity index (χ1v) is 9.85. The molecule has 1 aliphatic heterocycles. The van der Waals surface area contributed by atoms with Gasteiger partial charge in [0.2, 0.25) is 11.9 Å². The van der Waals surface area contributed by atoms with Gasteiger partial charge in [-0.05, 0) is 56.4 Å². The summed E-state index contributed by atoms with van der Waals surface area (Å²) in [6.07, 6.45) is 14.6. The van der Waals surface area contributed by atoms with Crippen LogP contribution in [-0.4, -0.2) is 40.4 Å². The molecular weight excluding hydrogens is 324 g/mol. The predicted octanol–water partition coefficient (Wildman–Crippen LogP) is 3.29. The highest BCUT2D eigenvalue weighted by molar-refractivity contribution is 5.82. The van der Waals surface area contributed by atoms with Gasteiger partial charge >= 0.3 is 0 Å². The molecule has 1 amide bonds. The van der Waals surface area contributed by atoms with Gasteiger partial charge in [-0.1, -0.05) is 23.8 Å². The fraction of sp³-hybridized carbons (Fsp3) is 0.571. The lowest BCUT2D eigenvalue weighted by Gasteiger charge is -2.32. The van der Waals surface area contributed by atoms with Crippen LogP contribution >= 0.6 is 0 Å². The monoisotopic (exact) mass is 352 g/mol. The van der Waals surface area contributed by atoms with E-state index in [1.54, 1.807) is 12.4 Å². The summed E-state index contributed by atoms with van der Waals surface area (Å²) >= 11 is 0. The van der Waals surface area contributed by atoms with Crippen LogP contribution in [0.15, 0.2) is 42.3 Å². The van der Waals surface area contributed by atoms with E-state index in [2.05, 4.69) is 45.3 Å². The first-order chi connectivity index (χ1) is 12.7. The highest BCUT2D eigenvalue weighted by Gasteiger charge is 2.48. The molecule has 4 rings (SSSR count). The molecule has 0 spiro atoms. The minimum absolute atomic E-state index is 0.267. The molecule has 3 aliphatic rings. The summed E-state index contributed by atoms with van der Waals surface area (Å²) in [5.41, 5.74) is 1.34. The average Bonchev–Trinajstić information content (AvgIpc) is 3.48. The maximum atomic E-state index is 12.8. The Hall–Kier alpha value is -2.17. The molecule has 3 atom stereocenters. The van der Waals surface area contributed by atoms with E-state index >= 15 is 0 Å². The van der Waals surface area contributed by atoms with Crippen molar-refractivity contribution in [2.45, 2.75) is 32.6 Å². The number of anilines is 1. The second kappa shape index (κ2) is 7.60. The zero-order valence-corrected chi connectivity index (χ0v) is 15.5. The average molecular weight is 352 g/mol. The second-order valence-electron chi connectivity index (χ2n) is 7.94. The molecular formula is C21H28N4O. The largest absolute Gasteiger partial charge is 0.354 e. The van der Waals surface area contributed by atoms with E-state index in [9.17, 15) is 4.79 Å². The maximum absolute atomic E-state index is 12.8. The van der Waals surface area contributed by atoms with E-state index in [1.165, 1.54) is 5.57 Å². The molecule has 1 N–H and O–H groups in total. The third-order valence-corrected chi connectivity index (χ3v) is 6.01. The summed E-state index contributed by atoms with van der Waals surface area (Å²) in [6.45, 7) is 4.82. The molecule has 5 heteroatoms. The van der Waals surface area contributed by atoms with Gasteiger partial charge in [0.25, 0.3) is 0 Å². The van der Waals surface area contributed by atoms with Crippen LogP contribution in [0.1, 0.15) is 32.6 Å². The van der Waals surface area contributed by atoms with Crippen LogP contribution in [0, 0.1) is 23.7 Å². The van der Waals surface area contributed by atoms with Crippen molar-refractivity contribution >= 4 is 11.9 Å². The molecule has 1 saturated carbocycles. The molecule has 2 fully saturated rings. The van der Waals surface area contributed by atoms with Crippen molar-refractivity contribution in [1.82, 2.24) is 14.9 Å². The first kappa shape index (κ1) is 17.3. The lowest BCUT2D eigenvalue weighted by atomic mass is 9.91.